The molecule has 0 aliphatic heterocycles. The minimum absolute atomic E-state index is 0.0159. The van der Waals surface area contributed by atoms with E-state index >= 15 is 0 Å². The van der Waals surface area contributed by atoms with Crippen LogP contribution in [0, 0.1) is 0 Å². The summed E-state index contributed by atoms with van der Waals surface area (Å²) in [4.78, 5) is 22.8. The van der Waals surface area contributed by atoms with Gasteiger partial charge in [0.15, 0.2) is 5.11 Å². The highest BCUT2D eigenvalue weighted by atomic mass is 35.5. The lowest BCUT2D eigenvalue weighted by atomic mass is 10.2. The van der Waals surface area contributed by atoms with E-state index in [1.807, 2.05) is 30.3 Å². The maximum absolute atomic E-state index is 11.8. The number of thiocarbonyl (C=S) groups is 1. The number of nitrogens with one attached hydrogen (secondary N) is 2. The van der Waals surface area contributed by atoms with Crippen molar-refractivity contribution in [2.75, 3.05) is 5.32 Å². The molecule has 0 saturated heterocycles. The van der Waals surface area contributed by atoms with Crippen LogP contribution in [0.25, 0.3) is 6.08 Å². The number of carboxylic acid groups (broad SMARTS) is 1. The number of halogens is 1. The molecule has 0 aliphatic rings. The second-order valence-corrected chi connectivity index (χ2v) is 5.50. The molecule has 0 radical (unpaired) electrons. The third-order valence-corrected chi connectivity index (χ3v) is 3.46. The third kappa shape index (κ3) is 5.19. The number of rotatable bonds is 4. The fourth-order valence-corrected chi connectivity index (χ4v) is 2.17. The van der Waals surface area contributed by atoms with Crippen LogP contribution < -0.4 is 10.6 Å². The topological polar surface area (TPSA) is 78.4 Å². The second kappa shape index (κ2) is 8.24. The summed E-state index contributed by atoms with van der Waals surface area (Å²) in [6.45, 7) is 0. The summed E-state index contributed by atoms with van der Waals surface area (Å²) in [5, 5.41) is 14.4. The van der Waals surface area contributed by atoms with Gasteiger partial charge in [-0.15, -0.1) is 0 Å². The maximum atomic E-state index is 11.8. The number of anilines is 1. The van der Waals surface area contributed by atoms with Crippen LogP contribution >= 0.6 is 23.8 Å². The lowest BCUT2D eigenvalue weighted by Crippen LogP contribution is -2.32. The molecule has 0 bridgehead atoms. The van der Waals surface area contributed by atoms with Crippen LogP contribution in [0.15, 0.2) is 54.6 Å². The second-order valence-electron chi connectivity index (χ2n) is 4.69. The lowest BCUT2D eigenvalue weighted by Gasteiger charge is -2.10. The minimum Gasteiger partial charge on any atom is -0.478 e. The van der Waals surface area contributed by atoms with Crippen molar-refractivity contribution in [3.8, 4) is 0 Å². The molecule has 3 N–H and O–H groups in total. The Morgan fingerprint density at radius 3 is 2.50 bits per heavy atom. The number of hydrogen-bond acceptors (Lipinski definition) is 3. The Labute approximate surface area is 149 Å². The van der Waals surface area contributed by atoms with Crippen molar-refractivity contribution in [3.63, 3.8) is 0 Å². The van der Waals surface area contributed by atoms with Gasteiger partial charge in [-0.2, -0.15) is 0 Å². The minimum atomic E-state index is -1.09. The van der Waals surface area contributed by atoms with Crippen LogP contribution in [-0.4, -0.2) is 22.1 Å². The number of amides is 1. The molecule has 0 unspecified atom stereocenters. The lowest BCUT2D eigenvalue weighted by molar-refractivity contribution is -0.115. The molecule has 0 aromatic heterocycles. The van der Waals surface area contributed by atoms with Crippen molar-refractivity contribution >= 4 is 52.6 Å². The molecular weight excluding hydrogens is 348 g/mol. The molecule has 5 nitrogen and oxygen atoms in total. The smallest absolute Gasteiger partial charge is 0.335 e. The van der Waals surface area contributed by atoms with Gasteiger partial charge in [-0.25, -0.2) is 4.79 Å². The van der Waals surface area contributed by atoms with Crippen molar-refractivity contribution in [2.24, 2.45) is 0 Å². The van der Waals surface area contributed by atoms with Crippen molar-refractivity contribution in [2.45, 2.75) is 0 Å². The van der Waals surface area contributed by atoms with Crippen molar-refractivity contribution in [3.05, 3.63) is 70.8 Å². The fraction of sp³-hybridized carbons (Fsp3) is 0. The van der Waals surface area contributed by atoms with Crippen molar-refractivity contribution < 1.29 is 14.7 Å². The molecule has 7 heteroatoms. The molecule has 0 fully saturated rings. The van der Waals surface area contributed by atoms with E-state index in [1.165, 1.54) is 24.3 Å². The van der Waals surface area contributed by atoms with E-state index in [0.717, 1.165) is 5.56 Å². The summed E-state index contributed by atoms with van der Waals surface area (Å²) in [5.41, 5.74) is 1.23. The first kappa shape index (κ1) is 17.7. The zero-order chi connectivity index (χ0) is 17.5. The van der Waals surface area contributed by atoms with Gasteiger partial charge in [0.25, 0.3) is 0 Å². The first-order chi connectivity index (χ1) is 11.5. The van der Waals surface area contributed by atoms with E-state index in [2.05, 4.69) is 10.6 Å². The van der Waals surface area contributed by atoms with Gasteiger partial charge in [-0.05, 0) is 42.1 Å². The van der Waals surface area contributed by atoms with Crippen LogP contribution in [-0.2, 0) is 4.79 Å². The van der Waals surface area contributed by atoms with Crippen LogP contribution in [0.3, 0.4) is 0 Å². The summed E-state index contributed by atoms with van der Waals surface area (Å²) >= 11 is 11.0. The van der Waals surface area contributed by atoms with E-state index in [-0.39, 0.29) is 15.7 Å². The van der Waals surface area contributed by atoms with E-state index < -0.39 is 11.9 Å². The Bertz CT molecular complexity index is 807. The van der Waals surface area contributed by atoms with E-state index in [9.17, 15) is 9.59 Å². The largest absolute Gasteiger partial charge is 0.478 e. The van der Waals surface area contributed by atoms with Gasteiger partial charge in [0.2, 0.25) is 5.91 Å². The monoisotopic (exact) mass is 360 g/mol. The summed E-state index contributed by atoms with van der Waals surface area (Å²) in [6.07, 6.45) is 2.99. The molecule has 0 heterocycles. The van der Waals surface area contributed by atoms with Gasteiger partial charge in [0.05, 0.1) is 16.3 Å². The third-order valence-electron chi connectivity index (χ3n) is 2.92. The van der Waals surface area contributed by atoms with Crippen molar-refractivity contribution in [1.82, 2.24) is 5.32 Å². The zero-order valence-corrected chi connectivity index (χ0v) is 13.9. The van der Waals surface area contributed by atoms with Gasteiger partial charge in [-0.3, -0.25) is 10.1 Å². The molecule has 2 aromatic rings. The highest BCUT2D eigenvalue weighted by Gasteiger charge is 2.09. The van der Waals surface area contributed by atoms with Gasteiger partial charge >= 0.3 is 5.97 Å². The Morgan fingerprint density at radius 2 is 1.83 bits per heavy atom. The molecular formula is C17H13ClN2O3S. The van der Waals surface area contributed by atoms with Crippen LogP contribution in [0.1, 0.15) is 15.9 Å². The average molecular weight is 361 g/mol. The molecule has 2 rings (SSSR count). The Hall–Kier alpha value is -2.70. The number of benzene rings is 2. The average Bonchev–Trinajstić information content (AvgIpc) is 2.55. The number of carbonyl (C=O) groups is 2. The standard InChI is InChI=1S/C17H13ClN2O3S/c18-13-8-7-12(16(22)23)10-14(13)19-17(24)20-15(21)9-6-11-4-2-1-3-5-11/h1-10H,(H,22,23)(H2,19,20,21,24). The summed E-state index contributed by atoms with van der Waals surface area (Å²) in [5.74, 6) is -1.50. The Morgan fingerprint density at radius 1 is 1.12 bits per heavy atom. The molecule has 0 saturated carbocycles. The highest BCUT2D eigenvalue weighted by molar-refractivity contribution is 7.80. The van der Waals surface area contributed by atoms with E-state index in [1.54, 1.807) is 6.08 Å². The van der Waals surface area contributed by atoms with Gasteiger partial charge in [-0.1, -0.05) is 41.9 Å². The van der Waals surface area contributed by atoms with Crippen LogP contribution in [0.4, 0.5) is 5.69 Å². The number of carboxylic acids is 1. The molecule has 0 aliphatic carbocycles. The van der Waals surface area contributed by atoms with Crippen LogP contribution in [0.2, 0.25) is 5.02 Å². The molecule has 2 aromatic carbocycles. The predicted molar refractivity (Wildman–Crippen MR) is 98.3 cm³/mol. The van der Waals surface area contributed by atoms with Gasteiger partial charge in [0.1, 0.15) is 0 Å². The summed E-state index contributed by atoms with van der Waals surface area (Å²) < 4.78 is 0. The molecule has 0 atom stereocenters. The normalized spacial score (nSPS) is 10.4. The van der Waals surface area contributed by atoms with E-state index in [0.29, 0.717) is 5.69 Å². The maximum Gasteiger partial charge on any atom is 0.335 e. The predicted octanol–water partition coefficient (Wildman–Crippen LogP) is 3.56. The van der Waals surface area contributed by atoms with Gasteiger partial charge in [0, 0.05) is 6.08 Å². The number of hydrogen-bond donors (Lipinski definition) is 3. The van der Waals surface area contributed by atoms with Crippen LogP contribution in [0.5, 0.6) is 0 Å². The number of aromatic carboxylic acids is 1. The highest BCUT2D eigenvalue weighted by Crippen LogP contribution is 2.23. The SMILES string of the molecule is O=C(C=Cc1ccccc1)NC(=S)Nc1cc(C(=O)O)ccc1Cl. The molecule has 0 spiro atoms. The zero-order valence-electron chi connectivity index (χ0n) is 12.3. The Balaban J connectivity index is 1.98. The first-order valence-electron chi connectivity index (χ1n) is 6.83. The molecule has 1 amide bonds. The van der Waals surface area contributed by atoms with E-state index in [4.69, 9.17) is 28.9 Å². The quantitative estimate of drug-likeness (QED) is 0.574. The summed E-state index contributed by atoms with van der Waals surface area (Å²) in [6, 6.07) is 13.5. The Kier molecular flexibility index (Phi) is 6.06. The van der Waals surface area contributed by atoms with Gasteiger partial charge < -0.3 is 10.4 Å². The molecule has 122 valence electrons. The number of carbonyl (C=O) groups excluding carboxylic acids is 1. The molecule has 24 heavy (non-hydrogen) atoms. The fourth-order valence-electron chi connectivity index (χ4n) is 1.80. The summed E-state index contributed by atoms with van der Waals surface area (Å²) in [7, 11) is 0. The van der Waals surface area contributed by atoms with Crippen molar-refractivity contribution in [1.29, 1.82) is 0 Å². The first-order valence-corrected chi connectivity index (χ1v) is 7.62.